The first-order chi connectivity index (χ1) is 8.33. The summed E-state index contributed by atoms with van der Waals surface area (Å²) in [6.45, 7) is 1.96. The number of nitrogens with zero attached hydrogens (tertiary/aromatic N) is 3. The molecule has 0 aliphatic carbocycles. The molecule has 84 valence electrons. The second-order valence-corrected chi connectivity index (χ2v) is 3.76. The number of fused-ring (bicyclic) bond motifs is 1. The summed E-state index contributed by atoms with van der Waals surface area (Å²) in [5.74, 6) is 1.28. The first-order valence-corrected chi connectivity index (χ1v) is 5.36. The van der Waals surface area contributed by atoms with Crippen molar-refractivity contribution in [2.45, 2.75) is 6.92 Å². The van der Waals surface area contributed by atoms with Crippen LogP contribution in [0.3, 0.4) is 0 Å². The molecular weight excluding hydrogens is 214 g/mol. The zero-order valence-corrected chi connectivity index (χ0v) is 9.37. The van der Waals surface area contributed by atoms with E-state index in [0.29, 0.717) is 11.6 Å². The quantitative estimate of drug-likeness (QED) is 0.673. The van der Waals surface area contributed by atoms with E-state index in [2.05, 4.69) is 9.97 Å². The Bertz CT molecular complexity index is 646. The predicted octanol–water partition coefficient (Wildman–Crippen LogP) is 2.83. The average Bonchev–Trinajstić information content (AvgIpc) is 2.72. The minimum absolute atomic E-state index is 0.571. The van der Waals surface area contributed by atoms with E-state index in [9.17, 15) is 0 Å². The fourth-order valence-electron chi connectivity index (χ4n) is 1.71. The van der Waals surface area contributed by atoms with Gasteiger partial charge in [0.05, 0.1) is 5.69 Å². The molecular formula is C13H11N3O. The molecule has 3 rings (SSSR count). The number of hydrogen-bond acceptors (Lipinski definition) is 3. The van der Waals surface area contributed by atoms with Gasteiger partial charge in [0.25, 0.3) is 0 Å². The average molecular weight is 225 g/mol. The van der Waals surface area contributed by atoms with Gasteiger partial charge >= 0.3 is 0 Å². The van der Waals surface area contributed by atoms with Crippen molar-refractivity contribution in [3.05, 3.63) is 54.6 Å². The number of aromatic nitrogens is 3. The number of rotatable bonds is 2. The van der Waals surface area contributed by atoms with Gasteiger partial charge in [0.1, 0.15) is 0 Å². The van der Waals surface area contributed by atoms with E-state index >= 15 is 0 Å². The molecule has 0 radical (unpaired) electrons. The lowest BCUT2D eigenvalue weighted by Crippen LogP contribution is -1.91. The van der Waals surface area contributed by atoms with Crippen molar-refractivity contribution in [3.63, 3.8) is 0 Å². The van der Waals surface area contributed by atoms with Crippen molar-refractivity contribution in [2.24, 2.45) is 0 Å². The first-order valence-electron chi connectivity index (χ1n) is 5.36. The van der Waals surface area contributed by atoms with E-state index in [1.807, 2.05) is 54.0 Å². The Balaban J connectivity index is 2.06. The van der Waals surface area contributed by atoms with Gasteiger partial charge in [0.15, 0.2) is 11.4 Å². The molecule has 0 bridgehead atoms. The summed E-state index contributed by atoms with van der Waals surface area (Å²) in [4.78, 5) is 8.55. The maximum Gasteiger partial charge on any atom is 0.219 e. The Morgan fingerprint density at radius 2 is 2.12 bits per heavy atom. The summed E-state index contributed by atoms with van der Waals surface area (Å²) in [5.41, 5.74) is 1.76. The van der Waals surface area contributed by atoms with Crippen LogP contribution in [0.1, 0.15) is 5.69 Å². The highest BCUT2D eigenvalue weighted by atomic mass is 16.5. The van der Waals surface area contributed by atoms with Gasteiger partial charge in [-0.05, 0) is 25.1 Å². The molecule has 0 aliphatic heterocycles. The molecule has 3 heterocycles. The van der Waals surface area contributed by atoms with Crippen LogP contribution >= 0.6 is 0 Å². The van der Waals surface area contributed by atoms with E-state index in [0.717, 1.165) is 11.3 Å². The molecule has 0 unspecified atom stereocenters. The van der Waals surface area contributed by atoms with Crippen molar-refractivity contribution in [2.75, 3.05) is 0 Å². The summed E-state index contributed by atoms with van der Waals surface area (Å²) in [6.07, 6.45) is 5.60. The van der Waals surface area contributed by atoms with Crippen LogP contribution in [0.15, 0.2) is 48.9 Å². The Kier molecular flexibility index (Phi) is 2.26. The fourth-order valence-corrected chi connectivity index (χ4v) is 1.71. The van der Waals surface area contributed by atoms with Crippen LogP contribution in [0.2, 0.25) is 0 Å². The molecule has 0 aromatic carbocycles. The smallest absolute Gasteiger partial charge is 0.219 e. The molecule has 0 saturated heterocycles. The van der Waals surface area contributed by atoms with E-state index in [1.54, 1.807) is 6.20 Å². The molecule has 0 amide bonds. The molecule has 4 nitrogen and oxygen atoms in total. The first kappa shape index (κ1) is 9.84. The van der Waals surface area contributed by atoms with Crippen molar-refractivity contribution in [3.8, 4) is 11.6 Å². The summed E-state index contributed by atoms with van der Waals surface area (Å²) in [7, 11) is 0. The standard InChI is InChI=1S/C13H11N3O/c1-10-9-16-8-4-5-11(13(16)15-10)17-12-6-2-3-7-14-12/h2-9H,1H3. The van der Waals surface area contributed by atoms with Crippen LogP contribution in [-0.4, -0.2) is 14.4 Å². The number of aryl methyl sites for hydroxylation is 1. The third-order valence-electron chi connectivity index (χ3n) is 2.42. The van der Waals surface area contributed by atoms with Crippen LogP contribution < -0.4 is 4.74 Å². The van der Waals surface area contributed by atoms with E-state index in [-0.39, 0.29) is 0 Å². The van der Waals surface area contributed by atoms with Gasteiger partial charge in [-0.15, -0.1) is 0 Å². The number of pyridine rings is 2. The summed E-state index contributed by atoms with van der Waals surface area (Å²) in [6, 6.07) is 9.37. The van der Waals surface area contributed by atoms with Gasteiger partial charge in [-0.2, -0.15) is 0 Å². The molecule has 3 aromatic rings. The predicted molar refractivity (Wildman–Crippen MR) is 64.2 cm³/mol. The van der Waals surface area contributed by atoms with E-state index in [1.165, 1.54) is 0 Å². The van der Waals surface area contributed by atoms with Crippen LogP contribution in [-0.2, 0) is 0 Å². The Morgan fingerprint density at radius 3 is 2.94 bits per heavy atom. The van der Waals surface area contributed by atoms with Gasteiger partial charge < -0.3 is 9.14 Å². The van der Waals surface area contributed by atoms with Gasteiger partial charge in [0, 0.05) is 24.7 Å². The summed E-state index contributed by atoms with van der Waals surface area (Å²) >= 11 is 0. The SMILES string of the molecule is Cc1cn2cccc(Oc3ccccn3)c2n1. The lowest BCUT2D eigenvalue weighted by atomic mass is 10.4. The second-order valence-electron chi connectivity index (χ2n) is 3.76. The molecule has 0 spiro atoms. The van der Waals surface area contributed by atoms with Crippen LogP contribution in [0.25, 0.3) is 5.65 Å². The third-order valence-corrected chi connectivity index (χ3v) is 2.42. The topological polar surface area (TPSA) is 39.4 Å². The zero-order valence-electron chi connectivity index (χ0n) is 9.37. The van der Waals surface area contributed by atoms with Gasteiger partial charge in [-0.1, -0.05) is 6.07 Å². The minimum atomic E-state index is 0.571. The molecule has 0 aliphatic rings. The van der Waals surface area contributed by atoms with Gasteiger partial charge in [0.2, 0.25) is 5.88 Å². The van der Waals surface area contributed by atoms with Crippen LogP contribution in [0, 0.1) is 6.92 Å². The molecule has 0 saturated carbocycles. The van der Waals surface area contributed by atoms with Crippen LogP contribution in [0.5, 0.6) is 11.6 Å². The summed E-state index contributed by atoms with van der Waals surface area (Å²) < 4.78 is 7.65. The highest BCUT2D eigenvalue weighted by Crippen LogP contribution is 2.23. The third kappa shape index (κ3) is 1.85. The lowest BCUT2D eigenvalue weighted by molar-refractivity contribution is 0.465. The molecule has 0 atom stereocenters. The maximum absolute atomic E-state index is 5.71. The fraction of sp³-hybridized carbons (Fsp3) is 0.0769. The monoisotopic (exact) mass is 225 g/mol. The van der Waals surface area contributed by atoms with Crippen molar-refractivity contribution in [1.29, 1.82) is 0 Å². The Hall–Kier alpha value is -2.36. The lowest BCUT2D eigenvalue weighted by Gasteiger charge is -2.04. The van der Waals surface area contributed by atoms with Gasteiger partial charge in [-0.25, -0.2) is 9.97 Å². The molecule has 17 heavy (non-hydrogen) atoms. The highest BCUT2D eigenvalue weighted by Gasteiger charge is 2.06. The Morgan fingerprint density at radius 1 is 1.18 bits per heavy atom. The van der Waals surface area contributed by atoms with Crippen molar-refractivity contribution < 1.29 is 4.74 Å². The second kappa shape index (κ2) is 3.90. The van der Waals surface area contributed by atoms with E-state index < -0.39 is 0 Å². The minimum Gasteiger partial charge on any atom is -0.435 e. The summed E-state index contributed by atoms with van der Waals surface area (Å²) in [5, 5.41) is 0. The zero-order chi connectivity index (χ0) is 11.7. The molecule has 0 fully saturated rings. The van der Waals surface area contributed by atoms with Gasteiger partial charge in [-0.3, -0.25) is 0 Å². The molecule has 3 aromatic heterocycles. The number of ether oxygens (including phenoxy) is 1. The molecule has 0 N–H and O–H groups in total. The Labute approximate surface area is 98.5 Å². The number of hydrogen-bond donors (Lipinski definition) is 0. The van der Waals surface area contributed by atoms with Crippen molar-refractivity contribution in [1.82, 2.24) is 14.4 Å². The van der Waals surface area contributed by atoms with Crippen LogP contribution in [0.4, 0.5) is 0 Å². The van der Waals surface area contributed by atoms with Crippen molar-refractivity contribution >= 4 is 5.65 Å². The number of imidazole rings is 1. The normalized spacial score (nSPS) is 10.6. The van der Waals surface area contributed by atoms with E-state index in [4.69, 9.17) is 4.74 Å². The maximum atomic E-state index is 5.71. The largest absolute Gasteiger partial charge is 0.435 e. The highest BCUT2D eigenvalue weighted by molar-refractivity contribution is 5.55. The molecule has 4 heteroatoms.